The summed E-state index contributed by atoms with van der Waals surface area (Å²) in [5, 5.41) is 15.3. The number of nitrogens with one attached hydrogen (secondary N) is 2. The van der Waals surface area contributed by atoms with Gasteiger partial charge in [0.15, 0.2) is 0 Å². The summed E-state index contributed by atoms with van der Waals surface area (Å²) in [7, 11) is 0. The third kappa shape index (κ3) is 3.13. The molecule has 1 aliphatic carbocycles. The third-order valence-corrected chi connectivity index (χ3v) is 5.05. The van der Waals surface area contributed by atoms with Gasteiger partial charge < -0.3 is 15.7 Å². The molecule has 24 heavy (non-hydrogen) atoms. The van der Waals surface area contributed by atoms with Crippen LogP contribution in [0.15, 0.2) is 24.3 Å². The van der Waals surface area contributed by atoms with Crippen LogP contribution in [-0.2, 0) is 14.4 Å². The zero-order valence-corrected chi connectivity index (χ0v) is 13.5. The molecule has 0 radical (unpaired) electrons. The van der Waals surface area contributed by atoms with Gasteiger partial charge >= 0.3 is 5.97 Å². The number of benzene rings is 1. The number of rotatable bonds is 3. The Morgan fingerprint density at radius 1 is 1.12 bits per heavy atom. The van der Waals surface area contributed by atoms with Crippen molar-refractivity contribution in [3.05, 3.63) is 29.8 Å². The number of anilines is 1. The van der Waals surface area contributed by atoms with E-state index < -0.39 is 17.4 Å². The Morgan fingerprint density at radius 3 is 2.46 bits per heavy atom. The number of amides is 2. The number of carbonyl (C=O) groups excluding carboxylic acids is 2. The number of aliphatic carboxylic acids is 1. The van der Waals surface area contributed by atoms with Gasteiger partial charge in [-0.1, -0.05) is 43.9 Å². The average molecular weight is 330 g/mol. The van der Waals surface area contributed by atoms with Gasteiger partial charge in [-0.15, -0.1) is 0 Å². The van der Waals surface area contributed by atoms with E-state index in [0.29, 0.717) is 18.5 Å². The first kappa shape index (κ1) is 16.5. The van der Waals surface area contributed by atoms with Crippen molar-refractivity contribution in [2.75, 3.05) is 5.32 Å². The molecule has 3 N–H and O–H groups in total. The number of hydrogen-bond donors (Lipinski definition) is 3. The third-order valence-electron chi connectivity index (χ3n) is 5.05. The first-order chi connectivity index (χ1) is 11.5. The highest BCUT2D eigenvalue weighted by molar-refractivity contribution is 6.02. The Bertz CT molecular complexity index is 663. The maximum Gasteiger partial charge on any atom is 0.329 e. The molecule has 0 aromatic heterocycles. The normalized spacial score (nSPS) is 22.7. The fourth-order valence-electron chi connectivity index (χ4n) is 3.69. The molecule has 1 aromatic carbocycles. The molecule has 6 nitrogen and oxygen atoms in total. The average Bonchev–Trinajstić information content (AvgIpc) is 2.80. The number of carboxylic acid groups (broad SMARTS) is 1. The molecule has 1 aliphatic heterocycles. The van der Waals surface area contributed by atoms with Gasteiger partial charge in [-0.25, -0.2) is 4.79 Å². The van der Waals surface area contributed by atoms with Crippen LogP contribution < -0.4 is 10.6 Å². The quantitative estimate of drug-likeness (QED) is 0.742. The molecule has 3 rings (SSSR count). The lowest BCUT2D eigenvalue weighted by molar-refractivity contribution is -0.148. The van der Waals surface area contributed by atoms with Gasteiger partial charge in [-0.05, 0) is 24.5 Å². The minimum absolute atomic E-state index is 0.0402. The largest absolute Gasteiger partial charge is 0.480 e. The van der Waals surface area contributed by atoms with Crippen molar-refractivity contribution in [1.82, 2.24) is 5.32 Å². The standard InChI is InChI=1S/C18H22N2O4/c21-15-11-13(12-7-3-4-8-14(12)19-15)16(22)20-18(17(23)24)9-5-1-2-6-10-18/h3-4,7-8,13H,1-2,5-6,9-11H2,(H,19,21)(H,20,22)(H,23,24). The molecule has 1 unspecified atom stereocenters. The predicted molar refractivity (Wildman–Crippen MR) is 88.6 cm³/mol. The fourth-order valence-corrected chi connectivity index (χ4v) is 3.69. The van der Waals surface area contributed by atoms with E-state index in [9.17, 15) is 19.5 Å². The van der Waals surface area contributed by atoms with Crippen LogP contribution in [-0.4, -0.2) is 28.4 Å². The number of carbonyl (C=O) groups is 3. The highest BCUT2D eigenvalue weighted by Crippen LogP contribution is 2.34. The van der Waals surface area contributed by atoms with Gasteiger partial charge in [-0.3, -0.25) is 9.59 Å². The van der Waals surface area contributed by atoms with Gasteiger partial charge in [0.25, 0.3) is 0 Å². The van der Waals surface area contributed by atoms with Gasteiger partial charge in [-0.2, -0.15) is 0 Å². The predicted octanol–water partition coefficient (Wildman–Crippen LogP) is 2.41. The van der Waals surface area contributed by atoms with Gasteiger partial charge in [0.2, 0.25) is 11.8 Å². The van der Waals surface area contributed by atoms with Crippen molar-refractivity contribution in [3.63, 3.8) is 0 Å². The van der Waals surface area contributed by atoms with E-state index in [2.05, 4.69) is 10.6 Å². The Labute approximate surface area is 140 Å². The summed E-state index contributed by atoms with van der Waals surface area (Å²) < 4.78 is 0. The topological polar surface area (TPSA) is 95.5 Å². The molecule has 2 aliphatic rings. The van der Waals surface area contributed by atoms with E-state index in [1.807, 2.05) is 6.07 Å². The lowest BCUT2D eigenvalue weighted by atomic mass is 9.86. The second-order valence-electron chi connectivity index (χ2n) is 6.68. The van der Waals surface area contributed by atoms with Crippen LogP contribution in [0.25, 0.3) is 0 Å². The summed E-state index contributed by atoms with van der Waals surface area (Å²) in [6, 6.07) is 7.17. The lowest BCUT2D eigenvalue weighted by Gasteiger charge is -2.32. The number of fused-ring (bicyclic) bond motifs is 1. The summed E-state index contributed by atoms with van der Waals surface area (Å²) in [6.45, 7) is 0. The van der Waals surface area contributed by atoms with Crippen LogP contribution in [0.1, 0.15) is 56.4 Å². The SMILES string of the molecule is O=C1CC(C(=O)NC2(C(=O)O)CCCCCC2)c2ccccc2N1. The first-order valence-electron chi connectivity index (χ1n) is 8.46. The van der Waals surface area contributed by atoms with E-state index in [0.717, 1.165) is 31.2 Å². The molecule has 128 valence electrons. The minimum Gasteiger partial charge on any atom is -0.480 e. The van der Waals surface area contributed by atoms with E-state index in [4.69, 9.17) is 0 Å². The van der Waals surface area contributed by atoms with Crippen LogP contribution >= 0.6 is 0 Å². The van der Waals surface area contributed by atoms with Crippen molar-refractivity contribution < 1.29 is 19.5 Å². The molecule has 1 fully saturated rings. The van der Waals surface area contributed by atoms with Crippen molar-refractivity contribution in [3.8, 4) is 0 Å². The second kappa shape index (κ2) is 6.63. The fraction of sp³-hybridized carbons (Fsp3) is 0.500. The van der Waals surface area contributed by atoms with Crippen molar-refractivity contribution in [2.24, 2.45) is 0 Å². The maximum atomic E-state index is 12.8. The second-order valence-corrected chi connectivity index (χ2v) is 6.68. The van der Waals surface area contributed by atoms with Crippen LogP contribution in [0, 0.1) is 0 Å². The highest BCUT2D eigenvalue weighted by atomic mass is 16.4. The van der Waals surface area contributed by atoms with Crippen molar-refractivity contribution >= 4 is 23.5 Å². The minimum atomic E-state index is -1.21. The summed E-state index contributed by atoms with van der Waals surface area (Å²) in [6.07, 6.45) is 4.46. The zero-order chi connectivity index (χ0) is 17.2. The van der Waals surface area contributed by atoms with Gasteiger partial charge in [0.1, 0.15) is 5.54 Å². The van der Waals surface area contributed by atoms with E-state index in [-0.39, 0.29) is 18.2 Å². The molecule has 1 aromatic rings. The summed E-state index contributed by atoms with van der Waals surface area (Å²) >= 11 is 0. The summed E-state index contributed by atoms with van der Waals surface area (Å²) in [4.78, 5) is 36.6. The molecule has 6 heteroatoms. The maximum absolute atomic E-state index is 12.8. The monoisotopic (exact) mass is 330 g/mol. The smallest absolute Gasteiger partial charge is 0.329 e. The molecule has 2 amide bonds. The molecular formula is C18H22N2O4. The van der Waals surface area contributed by atoms with Gasteiger partial charge in [0.05, 0.1) is 5.92 Å². The summed E-state index contributed by atoms with van der Waals surface area (Å²) in [5.41, 5.74) is 0.152. The molecular weight excluding hydrogens is 308 g/mol. The van der Waals surface area contributed by atoms with Gasteiger partial charge in [0, 0.05) is 12.1 Å². The zero-order valence-electron chi connectivity index (χ0n) is 13.5. The number of carboxylic acids is 1. The Hall–Kier alpha value is -2.37. The highest BCUT2D eigenvalue weighted by Gasteiger charge is 2.42. The van der Waals surface area contributed by atoms with Crippen LogP contribution in [0.3, 0.4) is 0 Å². The molecule has 0 spiro atoms. The van der Waals surface area contributed by atoms with E-state index >= 15 is 0 Å². The van der Waals surface area contributed by atoms with E-state index in [1.54, 1.807) is 18.2 Å². The molecule has 1 heterocycles. The van der Waals surface area contributed by atoms with Crippen LogP contribution in [0.4, 0.5) is 5.69 Å². The van der Waals surface area contributed by atoms with Crippen molar-refractivity contribution in [2.45, 2.75) is 56.4 Å². The Kier molecular flexibility index (Phi) is 4.55. The number of para-hydroxylation sites is 1. The lowest BCUT2D eigenvalue weighted by Crippen LogP contribution is -2.55. The molecule has 0 saturated heterocycles. The van der Waals surface area contributed by atoms with Crippen molar-refractivity contribution in [1.29, 1.82) is 0 Å². The Balaban J connectivity index is 1.86. The molecule has 0 bridgehead atoms. The Morgan fingerprint density at radius 2 is 1.79 bits per heavy atom. The van der Waals surface area contributed by atoms with E-state index in [1.165, 1.54) is 0 Å². The van der Waals surface area contributed by atoms with Crippen LogP contribution in [0.2, 0.25) is 0 Å². The molecule has 1 saturated carbocycles. The number of hydrogen-bond acceptors (Lipinski definition) is 3. The molecule has 1 atom stereocenters. The first-order valence-corrected chi connectivity index (χ1v) is 8.46. The summed E-state index contributed by atoms with van der Waals surface area (Å²) in [5.74, 6) is -2.22. The van der Waals surface area contributed by atoms with Crippen LogP contribution in [0.5, 0.6) is 0 Å².